The Balaban J connectivity index is 0.000000192. The van der Waals surface area contributed by atoms with Crippen LogP contribution in [0, 0.1) is 23.2 Å². The Kier molecular flexibility index (Phi) is 8.85. The molecule has 2 aliphatic rings. The van der Waals surface area contributed by atoms with Crippen LogP contribution in [0.15, 0.2) is 18.7 Å². The Hall–Kier alpha value is -3.15. The molecular formula is C25H37N7O2. The minimum absolute atomic E-state index is 0.216. The zero-order chi connectivity index (χ0) is 24.7. The van der Waals surface area contributed by atoms with Gasteiger partial charge in [0.1, 0.15) is 6.07 Å². The monoisotopic (exact) mass is 467 g/mol. The molecule has 0 aliphatic carbocycles. The smallest absolute Gasteiger partial charge is 0.223 e. The molecular weight excluding hydrogens is 430 g/mol. The maximum absolute atomic E-state index is 11.9. The van der Waals surface area contributed by atoms with Gasteiger partial charge in [0.25, 0.3) is 0 Å². The van der Waals surface area contributed by atoms with Crippen molar-refractivity contribution in [1.82, 2.24) is 28.9 Å². The third-order valence-corrected chi connectivity index (χ3v) is 6.79. The number of likely N-dealkylation sites (tertiary alicyclic amines) is 2. The summed E-state index contributed by atoms with van der Waals surface area (Å²) < 4.78 is 3.72. The fraction of sp³-hybridized carbons (Fsp3) is 0.640. The molecule has 2 unspecified atom stereocenters. The zero-order valence-corrected chi connectivity index (χ0v) is 20.9. The average molecular weight is 468 g/mol. The van der Waals surface area contributed by atoms with Crippen molar-refractivity contribution in [3.8, 4) is 6.07 Å². The summed E-state index contributed by atoms with van der Waals surface area (Å²) in [6.45, 7) is 7.33. The van der Waals surface area contributed by atoms with Crippen molar-refractivity contribution in [2.45, 2.75) is 65.5 Å². The lowest BCUT2D eigenvalue weighted by atomic mass is 10.0. The largest absolute Gasteiger partial charge is 0.337 e. The molecule has 9 heteroatoms. The molecule has 184 valence electrons. The van der Waals surface area contributed by atoms with Crippen molar-refractivity contribution >= 4 is 11.8 Å². The summed E-state index contributed by atoms with van der Waals surface area (Å²) in [5.41, 5.74) is 2.02. The standard InChI is InChI=1S/C13H18N4O.C12H19N3O/c1-3-4-10-5-13(18)17(8-10)9-11-7-15-12(6-14)16(11)2;1-3-4-10-5-12(16)15(7-10)8-11-6-13-9-14(11)2/h7,10H,3-5,8-9H2,1-2H3;6,9-10H,3-5,7-8H2,1-2H3. The van der Waals surface area contributed by atoms with E-state index in [1.165, 1.54) is 0 Å². The number of hydrogen-bond donors (Lipinski definition) is 0. The zero-order valence-electron chi connectivity index (χ0n) is 20.9. The summed E-state index contributed by atoms with van der Waals surface area (Å²) >= 11 is 0. The number of carbonyl (C=O) groups is 2. The number of aromatic nitrogens is 4. The maximum atomic E-state index is 11.9. The Morgan fingerprint density at radius 2 is 1.50 bits per heavy atom. The first-order valence-corrected chi connectivity index (χ1v) is 12.3. The van der Waals surface area contributed by atoms with Crippen LogP contribution in [0.1, 0.15) is 69.6 Å². The number of imidazole rings is 2. The van der Waals surface area contributed by atoms with Crippen LogP contribution < -0.4 is 0 Å². The van der Waals surface area contributed by atoms with Crippen molar-refractivity contribution in [1.29, 1.82) is 5.26 Å². The molecule has 34 heavy (non-hydrogen) atoms. The fourth-order valence-electron chi connectivity index (χ4n) is 4.84. The van der Waals surface area contributed by atoms with Gasteiger partial charge in [0, 0.05) is 46.2 Å². The number of nitriles is 1. The molecule has 0 N–H and O–H groups in total. The fourth-order valence-corrected chi connectivity index (χ4v) is 4.84. The second-order valence-corrected chi connectivity index (χ2v) is 9.51. The number of aryl methyl sites for hydroxylation is 1. The van der Waals surface area contributed by atoms with Gasteiger partial charge in [0.05, 0.1) is 37.0 Å². The molecule has 0 bridgehead atoms. The van der Waals surface area contributed by atoms with E-state index in [0.717, 1.165) is 56.6 Å². The topological polar surface area (TPSA) is 100 Å². The number of hydrogen-bond acceptors (Lipinski definition) is 5. The van der Waals surface area contributed by atoms with E-state index in [-0.39, 0.29) is 5.91 Å². The van der Waals surface area contributed by atoms with Crippen molar-refractivity contribution in [3.05, 3.63) is 35.9 Å². The van der Waals surface area contributed by atoms with Crippen LogP contribution in [0.2, 0.25) is 0 Å². The molecule has 0 spiro atoms. The molecule has 2 atom stereocenters. The third-order valence-electron chi connectivity index (χ3n) is 6.79. The van der Waals surface area contributed by atoms with Gasteiger partial charge >= 0.3 is 0 Å². The first-order valence-electron chi connectivity index (χ1n) is 12.3. The first-order chi connectivity index (χ1) is 16.4. The van der Waals surface area contributed by atoms with Gasteiger partial charge in [-0.05, 0) is 24.7 Å². The van der Waals surface area contributed by atoms with Gasteiger partial charge in [0.2, 0.25) is 17.6 Å². The summed E-state index contributed by atoms with van der Waals surface area (Å²) in [5.74, 6) is 1.95. The molecule has 2 aromatic heterocycles. The Morgan fingerprint density at radius 1 is 0.941 bits per heavy atom. The summed E-state index contributed by atoms with van der Waals surface area (Å²) in [6.07, 6.45) is 11.2. The molecule has 0 radical (unpaired) electrons. The lowest BCUT2D eigenvalue weighted by Gasteiger charge is -2.16. The van der Waals surface area contributed by atoms with E-state index < -0.39 is 0 Å². The molecule has 2 aliphatic heterocycles. The Labute approximate surface area is 202 Å². The molecule has 2 saturated heterocycles. The molecule has 2 fully saturated rings. The van der Waals surface area contributed by atoms with E-state index in [1.807, 2.05) is 40.7 Å². The molecule has 4 heterocycles. The third kappa shape index (κ3) is 6.25. The maximum Gasteiger partial charge on any atom is 0.223 e. The van der Waals surface area contributed by atoms with E-state index in [1.54, 1.807) is 17.1 Å². The number of rotatable bonds is 8. The van der Waals surface area contributed by atoms with Crippen molar-refractivity contribution in [2.75, 3.05) is 13.1 Å². The normalized spacial score (nSPS) is 20.0. The minimum atomic E-state index is 0.216. The highest BCUT2D eigenvalue weighted by Gasteiger charge is 2.30. The highest BCUT2D eigenvalue weighted by molar-refractivity contribution is 5.79. The van der Waals surface area contributed by atoms with Crippen LogP contribution in [0.3, 0.4) is 0 Å². The second kappa shape index (κ2) is 11.8. The van der Waals surface area contributed by atoms with Gasteiger partial charge < -0.3 is 18.9 Å². The number of nitrogens with zero attached hydrogens (tertiary/aromatic N) is 7. The molecule has 2 amide bonds. The van der Waals surface area contributed by atoms with Gasteiger partial charge in [-0.25, -0.2) is 9.97 Å². The average Bonchev–Trinajstić information content (AvgIpc) is 3.55. The van der Waals surface area contributed by atoms with Gasteiger partial charge in [-0.2, -0.15) is 5.26 Å². The Bertz CT molecular complexity index is 1020. The van der Waals surface area contributed by atoms with Gasteiger partial charge in [-0.15, -0.1) is 0 Å². The van der Waals surface area contributed by atoms with Crippen LogP contribution in [-0.2, 0) is 36.8 Å². The van der Waals surface area contributed by atoms with E-state index in [2.05, 4.69) is 23.8 Å². The minimum Gasteiger partial charge on any atom is -0.337 e. The van der Waals surface area contributed by atoms with Crippen LogP contribution in [0.5, 0.6) is 0 Å². The van der Waals surface area contributed by atoms with Crippen molar-refractivity contribution in [2.24, 2.45) is 25.9 Å². The van der Waals surface area contributed by atoms with Crippen LogP contribution in [0.4, 0.5) is 0 Å². The lowest BCUT2D eigenvalue weighted by molar-refractivity contribution is -0.129. The van der Waals surface area contributed by atoms with Crippen molar-refractivity contribution in [3.63, 3.8) is 0 Å². The highest BCUT2D eigenvalue weighted by Crippen LogP contribution is 2.24. The second-order valence-electron chi connectivity index (χ2n) is 9.51. The summed E-state index contributed by atoms with van der Waals surface area (Å²) in [5, 5.41) is 8.84. The van der Waals surface area contributed by atoms with Gasteiger partial charge in [-0.3, -0.25) is 9.59 Å². The van der Waals surface area contributed by atoms with Gasteiger partial charge in [0.15, 0.2) is 0 Å². The lowest BCUT2D eigenvalue weighted by Crippen LogP contribution is -2.25. The molecule has 4 rings (SSSR count). The van der Waals surface area contributed by atoms with Crippen molar-refractivity contribution < 1.29 is 9.59 Å². The molecule has 0 aromatic carbocycles. The van der Waals surface area contributed by atoms with E-state index >= 15 is 0 Å². The highest BCUT2D eigenvalue weighted by atomic mass is 16.2. The van der Waals surface area contributed by atoms with E-state index in [9.17, 15) is 9.59 Å². The quantitative estimate of drug-likeness (QED) is 0.594. The summed E-state index contributed by atoms with van der Waals surface area (Å²) in [4.78, 5) is 35.6. The van der Waals surface area contributed by atoms with E-state index in [0.29, 0.717) is 43.1 Å². The van der Waals surface area contributed by atoms with Crippen LogP contribution in [-0.4, -0.2) is 53.8 Å². The van der Waals surface area contributed by atoms with E-state index in [4.69, 9.17) is 5.26 Å². The van der Waals surface area contributed by atoms with Gasteiger partial charge in [-0.1, -0.05) is 26.7 Å². The van der Waals surface area contributed by atoms with Crippen LogP contribution in [0.25, 0.3) is 0 Å². The predicted octanol–water partition coefficient (Wildman–Crippen LogP) is 3.01. The first kappa shape index (κ1) is 25.5. The number of carbonyl (C=O) groups excluding carboxylic acids is 2. The van der Waals surface area contributed by atoms with Crippen LogP contribution >= 0.6 is 0 Å². The Morgan fingerprint density at radius 3 is 1.94 bits per heavy atom. The SMILES string of the molecule is CCCC1CC(=O)N(Cc2cnc(C#N)n2C)C1.CCCC1CC(=O)N(Cc2cncn2C)C1. The summed E-state index contributed by atoms with van der Waals surface area (Å²) in [7, 11) is 3.78. The molecule has 2 aromatic rings. The summed E-state index contributed by atoms with van der Waals surface area (Å²) in [6, 6.07) is 2.03. The molecule has 0 saturated carbocycles. The molecule has 9 nitrogen and oxygen atoms in total. The number of amides is 2. The predicted molar refractivity (Wildman–Crippen MR) is 128 cm³/mol.